The standard InChI is InChI=1S/C16H18N6OS2/c1-24-12-3-2-4-13-15(12)19-16(25-13)21-7-5-20(6-8-21)14(23)9-22-11-17-10-18-22/h2-4,10-11H,5-9H2,1H3. The molecule has 4 rings (SSSR count). The molecule has 25 heavy (non-hydrogen) atoms. The van der Waals surface area contributed by atoms with Gasteiger partial charge in [-0.25, -0.2) is 14.6 Å². The molecule has 0 saturated carbocycles. The molecular formula is C16H18N6OS2. The first-order valence-electron chi connectivity index (χ1n) is 8.03. The summed E-state index contributed by atoms with van der Waals surface area (Å²) in [5.41, 5.74) is 1.08. The summed E-state index contributed by atoms with van der Waals surface area (Å²) >= 11 is 3.45. The van der Waals surface area contributed by atoms with E-state index in [1.54, 1.807) is 34.1 Å². The number of fused-ring (bicyclic) bond motifs is 1. The number of carbonyl (C=O) groups is 1. The zero-order valence-corrected chi connectivity index (χ0v) is 15.5. The zero-order valence-electron chi connectivity index (χ0n) is 13.8. The summed E-state index contributed by atoms with van der Waals surface area (Å²) in [6.07, 6.45) is 5.09. The van der Waals surface area contributed by atoms with E-state index in [2.05, 4.69) is 39.4 Å². The molecule has 0 unspecified atom stereocenters. The summed E-state index contributed by atoms with van der Waals surface area (Å²) < 4.78 is 2.78. The molecule has 1 saturated heterocycles. The van der Waals surface area contributed by atoms with Crippen LogP contribution in [-0.2, 0) is 11.3 Å². The van der Waals surface area contributed by atoms with E-state index in [0.29, 0.717) is 13.1 Å². The van der Waals surface area contributed by atoms with Crippen LogP contribution in [0.4, 0.5) is 5.13 Å². The molecule has 0 atom stereocenters. The van der Waals surface area contributed by atoms with Crippen molar-refractivity contribution in [3.63, 3.8) is 0 Å². The maximum atomic E-state index is 12.3. The third-order valence-electron chi connectivity index (χ3n) is 4.26. The molecule has 9 heteroatoms. The number of thiazole rings is 1. The number of thioether (sulfide) groups is 1. The Labute approximate surface area is 153 Å². The summed E-state index contributed by atoms with van der Waals surface area (Å²) in [4.78, 5) is 26.4. The lowest BCUT2D eigenvalue weighted by Gasteiger charge is -2.34. The fourth-order valence-electron chi connectivity index (χ4n) is 2.91. The number of nitrogens with zero attached hydrogens (tertiary/aromatic N) is 6. The molecule has 2 aromatic heterocycles. The number of hydrogen-bond acceptors (Lipinski definition) is 7. The quantitative estimate of drug-likeness (QED) is 0.651. The molecule has 0 aliphatic carbocycles. The van der Waals surface area contributed by atoms with Gasteiger partial charge in [0.15, 0.2) is 5.13 Å². The highest BCUT2D eigenvalue weighted by atomic mass is 32.2. The summed E-state index contributed by atoms with van der Waals surface area (Å²) in [6, 6.07) is 6.31. The molecular weight excluding hydrogens is 356 g/mol. The van der Waals surface area contributed by atoms with Gasteiger partial charge in [0.1, 0.15) is 19.2 Å². The van der Waals surface area contributed by atoms with Crippen LogP contribution in [0.2, 0.25) is 0 Å². The molecule has 3 heterocycles. The molecule has 0 spiro atoms. The lowest BCUT2D eigenvalue weighted by molar-refractivity contribution is -0.132. The van der Waals surface area contributed by atoms with Crippen molar-refractivity contribution in [2.75, 3.05) is 37.3 Å². The zero-order chi connectivity index (χ0) is 17.2. The molecule has 7 nitrogen and oxygen atoms in total. The van der Waals surface area contributed by atoms with E-state index in [9.17, 15) is 4.79 Å². The Bertz CT molecular complexity index is 870. The number of hydrogen-bond donors (Lipinski definition) is 0. The summed E-state index contributed by atoms with van der Waals surface area (Å²) in [6.45, 7) is 3.27. The second-order valence-electron chi connectivity index (χ2n) is 5.76. The predicted molar refractivity (Wildman–Crippen MR) is 100 cm³/mol. The second kappa shape index (κ2) is 7.01. The lowest BCUT2D eigenvalue weighted by Crippen LogP contribution is -2.49. The molecule has 0 N–H and O–H groups in total. The van der Waals surface area contributed by atoms with Crippen molar-refractivity contribution in [2.45, 2.75) is 11.4 Å². The minimum atomic E-state index is 0.0825. The molecule has 1 aliphatic rings. The molecule has 1 fully saturated rings. The van der Waals surface area contributed by atoms with Gasteiger partial charge in [0.2, 0.25) is 5.91 Å². The van der Waals surface area contributed by atoms with Crippen LogP contribution in [0.3, 0.4) is 0 Å². The highest BCUT2D eigenvalue weighted by Crippen LogP contribution is 2.34. The van der Waals surface area contributed by atoms with Crippen molar-refractivity contribution >= 4 is 44.4 Å². The van der Waals surface area contributed by atoms with Crippen molar-refractivity contribution in [2.24, 2.45) is 0 Å². The van der Waals surface area contributed by atoms with Gasteiger partial charge in [-0.05, 0) is 18.4 Å². The van der Waals surface area contributed by atoms with Gasteiger partial charge in [-0.2, -0.15) is 5.10 Å². The SMILES string of the molecule is CSc1cccc2sc(N3CCN(C(=O)Cn4cncn4)CC3)nc12. The number of aromatic nitrogens is 4. The van der Waals surface area contributed by atoms with Crippen molar-refractivity contribution in [3.05, 3.63) is 30.9 Å². The smallest absolute Gasteiger partial charge is 0.244 e. The maximum absolute atomic E-state index is 12.3. The minimum absolute atomic E-state index is 0.0825. The van der Waals surface area contributed by atoms with E-state index in [4.69, 9.17) is 4.98 Å². The van der Waals surface area contributed by atoms with Gasteiger partial charge in [0.25, 0.3) is 0 Å². The number of benzene rings is 1. The van der Waals surface area contributed by atoms with Gasteiger partial charge >= 0.3 is 0 Å². The van der Waals surface area contributed by atoms with E-state index in [1.165, 1.54) is 15.9 Å². The number of carbonyl (C=O) groups excluding carboxylic acids is 1. The number of anilines is 1. The van der Waals surface area contributed by atoms with Crippen LogP contribution >= 0.6 is 23.1 Å². The maximum Gasteiger partial charge on any atom is 0.244 e. The minimum Gasteiger partial charge on any atom is -0.345 e. The van der Waals surface area contributed by atoms with Gasteiger partial charge in [-0.15, -0.1) is 11.8 Å². The van der Waals surface area contributed by atoms with E-state index in [0.717, 1.165) is 23.7 Å². The largest absolute Gasteiger partial charge is 0.345 e. The van der Waals surface area contributed by atoms with Gasteiger partial charge in [-0.3, -0.25) is 4.79 Å². The summed E-state index contributed by atoms with van der Waals surface area (Å²) in [7, 11) is 0. The van der Waals surface area contributed by atoms with Gasteiger partial charge < -0.3 is 9.80 Å². The van der Waals surface area contributed by atoms with Crippen molar-refractivity contribution < 1.29 is 4.79 Å². The Hall–Kier alpha value is -2.13. The second-order valence-corrected chi connectivity index (χ2v) is 7.62. The first-order chi connectivity index (χ1) is 12.2. The van der Waals surface area contributed by atoms with E-state index < -0.39 is 0 Å². The number of para-hydroxylation sites is 1. The Balaban J connectivity index is 1.42. The molecule has 1 aromatic carbocycles. The molecule has 1 aliphatic heterocycles. The van der Waals surface area contributed by atoms with Crippen LogP contribution in [0.15, 0.2) is 35.7 Å². The van der Waals surface area contributed by atoms with Gasteiger partial charge in [0, 0.05) is 31.1 Å². The van der Waals surface area contributed by atoms with Crippen LogP contribution in [0.25, 0.3) is 10.2 Å². The monoisotopic (exact) mass is 374 g/mol. The average Bonchev–Trinajstić information content (AvgIpc) is 3.30. The number of piperazine rings is 1. The van der Waals surface area contributed by atoms with E-state index in [1.807, 2.05) is 4.90 Å². The first-order valence-corrected chi connectivity index (χ1v) is 10.1. The molecule has 0 bridgehead atoms. The molecule has 0 radical (unpaired) electrons. The first kappa shape index (κ1) is 16.3. The van der Waals surface area contributed by atoms with E-state index in [-0.39, 0.29) is 12.5 Å². The normalized spacial score (nSPS) is 15.1. The number of amides is 1. The number of rotatable bonds is 4. The van der Waals surface area contributed by atoms with Gasteiger partial charge in [0.05, 0.1) is 10.2 Å². The van der Waals surface area contributed by atoms with Crippen LogP contribution in [-0.4, -0.2) is 63.0 Å². The van der Waals surface area contributed by atoms with Crippen LogP contribution in [0.1, 0.15) is 0 Å². The van der Waals surface area contributed by atoms with E-state index >= 15 is 0 Å². The Morgan fingerprint density at radius 2 is 2.12 bits per heavy atom. The molecule has 1 amide bonds. The average molecular weight is 374 g/mol. The van der Waals surface area contributed by atoms with Crippen LogP contribution in [0, 0.1) is 0 Å². The van der Waals surface area contributed by atoms with Crippen molar-refractivity contribution in [1.82, 2.24) is 24.6 Å². The van der Waals surface area contributed by atoms with Crippen molar-refractivity contribution in [3.8, 4) is 0 Å². The highest BCUT2D eigenvalue weighted by molar-refractivity contribution is 7.98. The van der Waals surface area contributed by atoms with Crippen molar-refractivity contribution in [1.29, 1.82) is 0 Å². The van der Waals surface area contributed by atoms with Crippen LogP contribution in [0.5, 0.6) is 0 Å². The van der Waals surface area contributed by atoms with Gasteiger partial charge in [-0.1, -0.05) is 17.4 Å². The fourth-order valence-corrected chi connectivity index (χ4v) is 4.58. The highest BCUT2D eigenvalue weighted by Gasteiger charge is 2.23. The summed E-state index contributed by atoms with van der Waals surface area (Å²) in [5.74, 6) is 0.0825. The summed E-state index contributed by atoms with van der Waals surface area (Å²) in [5, 5.41) is 5.03. The topological polar surface area (TPSA) is 67.2 Å². The Kier molecular flexibility index (Phi) is 4.58. The molecule has 130 valence electrons. The third-order valence-corrected chi connectivity index (χ3v) is 6.11. The third kappa shape index (κ3) is 3.34. The Morgan fingerprint density at radius 1 is 1.28 bits per heavy atom. The van der Waals surface area contributed by atoms with Crippen LogP contribution < -0.4 is 4.90 Å². The lowest BCUT2D eigenvalue weighted by atomic mass is 10.3. The fraction of sp³-hybridized carbons (Fsp3) is 0.375. The molecule has 3 aromatic rings. The Morgan fingerprint density at radius 3 is 2.84 bits per heavy atom. The predicted octanol–water partition coefficient (Wildman–Crippen LogP) is 1.96.